The van der Waals surface area contributed by atoms with Crippen molar-refractivity contribution in [2.45, 2.75) is 64.4 Å². The van der Waals surface area contributed by atoms with Gasteiger partial charge in [0, 0.05) is 11.9 Å². The van der Waals surface area contributed by atoms with E-state index >= 15 is 0 Å². The van der Waals surface area contributed by atoms with Gasteiger partial charge >= 0.3 is 0 Å². The average Bonchev–Trinajstić information content (AvgIpc) is 3.71. The molecule has 1 fully saturated rings. The molecule has 6 rings (SSSR count). The van der Waals surface area contributed by atoms with Gasteiger partial charge in [-0.3, -0.25) is 14.5 Å². The Hall–Kier alpha value is -4.76. The summed E-state index contributed by atoms with van der Waals surface area (Å²) < 4.78 is 13.3. The number of aromatic nitrogens is 2. The monoisotopic (exact) mass is 607 g/mol. The van der Waals surface area contributed by atoms with Crippen molar-refractivity contribution in [3.8, 4) is 11.8 Å². The number of epoxide rings is 1. The third-order valence-corrected chi connectivity index (χ3v) is 8.09. The van der Waals surface area contributed by atoms with E-state index < -0.39 is 18.4 Å². The molecule has 1 saturated heterocycles. The Kier molecular flexibility index (Phi) is 8.05. The van der Waals surface area contributed by atoms with Crippen LogP contribution in [0, 0.1) is 11.3 Å². The fraction of sp³-hybridized carbons (Fsp3) is 0.353. The van der Waals surface area contributed by atoms with E-state index in [-0.39, 0.29) is 36.7 Å². The number of para-hydroxylation sites is 4. The number of ether oxygens (including phenoxy) is 2. The van der Waals surface area contributed by atoms with Crippen molar-refractivity contribution in [1.29, 1.82) is 5.26 Å². The lowest BCUT2D eigenvalue weighted by Crippen LogP contribution is -2.55. The molecule has 2 amide bonds. The minimum Gasteiger partial charge on any atom is -0.381 e. The predicted molar refractivity (Wildman–Crippen MR) is 171 cm³/mol. The molecule has 1 aromatic heterocycles. The van der Waals surface area contributed by atoms with E-state index in [0.717, 1.165) is 16.6 Å². The van der Waals surface area contributed by atoms with Crippen molar-refractivity contribution in [3.63, 3.8) is 0 Å². The highest BCUT2D eigenvalue weighted by Crippen LogP contribution is 2.33. The number of rotatable bonds is 8. The Morgan fingerprint density at radius 1 is 1.13 bits per heavy atom. The van der Waals surface area contributed by atoms with E-state index in [1.54, 1.807) is 22.6 Å². The molecule has 45 heavy (non-hydrogen) atoms. The summed E-state index contributed by atoms with van der Waals surface area (Å²) in [5, 5.41) is 21.9. The van der Waals surface area contributed by atoms with Crippen molar-refractivity contribution in [3.05, 3.63) is 84.1 Å². The Labute approximate surface area is 262 Å². The molecule has 11 heteroatoms. The number of nitriles is 1. The first-order valence-corrected chi connectivity index (χ1v) is 15.0. The summed E-state index contributed by atoms with van der Waals surface area (Å²) in [5.41, 5.74) is 3.73. The van der Waals surface area contributed by atoms with E-state index in [2.05, 4.69) is 16.7 Å². The molecular weight excluding hydrogens is 570 g/mol. The van der Waals surface area contributed by atoms with Gasteiger partial charge in [-0.15, -0.1) is 0 Å². The largest absolute Gasteiger partial charge is 0.381 e. The summed E-state index contributed by atoms with van der Waals surface area (Å²) in [6.45, 7) is 8.01. The van der Waals surface area contributed by atoms with Gasteiger partial charge in [0.1, 0.15) is 12.1 Å². The number of fused-ring (bicyclic) bond motifs is 2. The predicted octanol–water partition coefficient (Wildman–Crippen LogP) is 4.16. The Bertz CT molecular complexity index is 1790. The number of nitrogens with zero attached hydrogens (tertiary/aromatic N) is 5. The van der Waals surface area contributed by atoms with Crippen molar-refractivity contribution in [2.24, 2.45) is 0 Å². The molecule has 0 radical (unpaired) electrons. The van der Waals surface area contributed by atoms with Crippen molar-refractivity contribution in [1.82, 2.24) is 20.0 Å². The van der Waals surface area contributed by atoms with E-state index in [4.69, 9.17) is 14.6 Å². The van der Waals surface area contributed by atoms with Crippen LogP contribution in [-0.2, 0) is 25.6 Å². The number of carbonyl (C=O) groups is 2. The molecule has 232 valence electrons. The summed E-state index contributed by atoms with van der Waals surface area (Å²) in [6.07, 6.45) is -0.755. The maximum Gasteiger partial charge on any atom is 0.251 e. The lowest BCUT2D eigenvalue weighted by molar-refractivity contribution is -0.130. The van der Waals surface area contributed by atoms with Gasteiger partial charge in [0.05, 0.1) is 52.0 Å². The van der Waals surface area contributed by atoms with Crippen molar-refractivity contribution in [2.75, 3.05) is 23.8 Å². The lowest BCUT2D eigenvalue weighted by Gasteiger charge is -2.27. The highest BCUT2D eigenvalue weighted by Gasteiger charge is 2.48. The number of benzene rings is 3. The van der Waals surface area contributed by atoms with Crippen LogP contribution >= 0.6 is 0 Å². The number of carbonyl (C=O) groups excluding carboxylic acids is 2. The zero-order chi connectivity index (χ0) is 31.9. The third-order valence-electron chi connectivity index (χ3n) is 8.09. The maximum atomic E-state index is 14.2. The van der Waals surface area contributed by atoms with Crippen LogP contribution in [0.15, 0.2) is 72.8 Å². The van der Waals surface area contributed by atoms with Crippen LogP contribution < -0.4 is 15.5 Å². The first kappa shape index (κ1) is 30.3. The molecule has 3 aromatic carbocycles. The summed E-state index contributed by atoms with van der Waals surface area (Å²) in [4.78, 5) is 31.2. The number of hydrogen-bond donors (Lipinski definition) is 2. The summed E-state index contributed by atoms with van der Waals surface area (Å²) in [6, 6.07) is 23.5. The van der Waals surface area contributed by atoms with Gasteiger partial charge in [0.15, 0.2) is 12.5 Å². The quantitative estimate of drug-likeness (QED) is 0.286. The van der Waals surface area contributed by atoms with Gasteiger partial charge in [-0.25, -0.2) is 4.68 Å². The summed E-state index contributed by atoms with van der Waals surface area (Å²) >= 11 is 0. The van der Waals surface area contributed by atoms with Crippen LogP contribution in [0.3, 0.4) is 0 Å². The van der Waals surface area contributed by atoms with Crippen LogP contribution in [0.5, 0.6) is 0 Å². The number of amides is 2. The van der Waals surface area contributed by atoms with E-state index in [0.29, 0.717) is 22.6 Å². The van der Waals surface area contributed by atoms with E-state index in [1.807, 2.05) is 99.4 Å². The topological polar surface area (TPSA) is 128 Å². The minimum atomic E-state index is -0.838. The normalized spacial score (nSPS) is 20.2. The second-order valence-corrected chi connectivity index (χ2v) is 12.4. The second kappa shape index (κ2) is 12.0. The Balaban J connectivity index is 1.27. The molecule has 0 aliphatic carbocycles. The number of anilines is 2. The molecule has 0 bridgehead atoms. The maximum absolute atomic E-state index is 14.2. The zero-order valence-corrected chi connectivity index (χ0v) is 26.0. The first-order valence-electron chi connectivity index (χ1n) is 15.0. The highest BCUT2D eigenvalue weighted by atomic mass is 16.8. The van der Waals surface area contributed by atoms with E-state index in [9.17, 15) is 14.9 Å². The zero-order valence-electron chi connectivity index (χ0n) is 26.0. The van der Waals surface area contributed by atoms with Gasteiger partial charge in [-0.2, -0.15) is 10.4 Å². The third kappa shape index (κ3) is 6.13. The van der Waals surface area contributed by atoms with Gasteiger partial charge in [-0.1, -0.05) is 42.5 Å². The van der Waals surface area contributed by atoms with Gasteiger partial charge in [0.2, 0.25) is 5.91 Å². The fourth-order valence-corrected chi connectivity index (χ4v) is 5.59. The second-order valence-electron chi connectivity index (χ2n) is 12.4. The molecule has 4 aromatic rings. The van der Waals surface area contributed by atoms with Gasteiger partial charge in [0.25, 0.3) is 5.91 Å². The van der Waals surface area contributed by atoms with E-state index in [1.165, 1.54) is 0 Å². The molecule has 2 aliphatic heterocycles. The summed E-state index contributed by atoms with van der Waals surface area (Å²) in [7, 11) is 1.81. The molecule has 11 nitrogen and oxygen atoms in total. The van der Waals surface area contributed by atoms with Crippen LogP contribution in [0.25, 0.3) is 16.6 Å². The van der Waals surface area contributed by atoms with Crippen LogP contribution in [0.2, 0.25) is 0 Å². The Morgan fingerprint density at radius 3 is 2.58 bits per heavy atom. The summed E-state index contributed by atoms with van der Waals surface area (Å²) in [5.74, 6) is -0.556. The fourth-order valence-electron chi connectivity index (χ4n) is 5.59. The van der Waals surface area contributed by atoms with Gasteiger partial charge in [-0.05, 0) is 65.1 Å². The molecule has 0 saturated carbocycles. The molecule has 3 heterocycles. The molecule has 4 atom stereocenters. The lowest BCUT2D eigenvalue weighted by atomic mass is 10.1. The molecule has 2 N–H and O–H groups in total. The molecular formula is C34H37N7O4. The van der Waals surface area contributed by atoms with Crippen LogP contribution in [-0.4, -0.2) is 70.3 Å². The van der Waals surface area contributed by atoms with Crippen molar-refractivity contribution >= 4 is 34.1 Å². The highest BCUT2D eigenvalue weighted by molar-refractivity contribution is 6.03. The average molecular weight is 608 g/mol. The Morgan fingerprint density at radius 2 is 1.82 bits per heavy atom. The number of nitrogens with one attached hydrogen (secondary N) is 2. The molecule has 2 unspecified atom stereocenters. The molecule has 2 aliphatic rings. The minimum absolute atomic E-state index is 0.156. The SMILES string of the molecule is C[C@@H](C(=O)N[C@H]1CNc2ccccc2N(Cc2nn(-c3ccccc3C#N)c3ccccc23)C1=O)N(C)C1OC1OC(C)(C)C. The van der Waals surface area contributed by atoms with Gasteiger partial charge < -0.3 is 25.0 Å². The number of likely N-dealkylation sites (N-methyl/N-ethyl adjacent to an activating group) is 1. The van der Waals surface area contributed by atoms with Crippen molar-refractivity contribution < 1.29 is 19.1 Å². The van der Waals surface area contributed by atoms with Crippen LogP contribution in [0.1, 0.15) is 39.0 Å². The smallest absolute Gasteiger partial charge is 0.251 e. The first-order chi connectivity index (χ1) is 21.6. The molecule has 0 spiro atoms. The number of hydrogen-bond acceptors (Lipinski definition) is 8. The standard InChI is InChI=1S/C34H37N7O4/c1-21(39(5)32-33(44-32)45-34(2,3)4)30(42)37-25-19-36-24-14-8-11-17-29(24)40(31(25)43)20-26-23-13-7-10-16-28(23)41(38-26)27-15-9-6-12-22(27)18-35/h6-17,21,25,32-33,36H,19-20H2,1-5H3,(H,37,42)/t21-,25-,32?,33?/m0/s1. The van der Waals surface area contributed by atoms with Crippen LogP contribution in [0.4, 0.5) is 11.4 Å².